The average molecular weight is 217 g/mol. The van der Waals surface area contributed by atoms with Gasteiger partial charge in [0.05, 0.1) is 0 Å². The Hall–Kier alpha value is -1.10. The highest BCUT2D eigenvalue weighted by atomic mass is 16.5. The van der Waals surface area contributed by atoms with Crippen molar-refractivity contribution >= 4 is 11.9 Å². The van der Waals surface area contributed by atoms with E-state index in [9.17, 15) is 9.59 Å². The average Bonchev–Trinajstić information content (AvgIpc) is 2.12. The van der Waals surface area contributed by atoms with E-state index in [-0.39, 0.29) is 5.92 Å². The van der Waals surface area contributed by atoms with Crippen LogP contribution in [-0.2, 0) is 14.3 Å². The molecule has 2 N–H and O–H groups in total. The maximum atomic E-state index is 11.5. The van der Waals surface area contributed by atoms with Crippen molar-refractivity contribution in [3.63, 3.8) is 0 Å². The zero-order chi connectivity index (χ0) is 12.0. The molecular formula is C10H19NO4. The lowest BCUT2D eigenvalue weighted by Crippen LogP contribution is -2.48. The second-order valence-corrected chi connectivity index (χ2v) is 3.67. The van der Waals surface area contributed by atoms with E-state index in [0.29, 0.717) is 6.61 Å². The molecule has 0 saturated heterocycles. The van der Waals surface area contributed by atoms with Crippen molar-refractivity contribution in [1.29, 1.82) is 0 Å². The summed E-state index contributed by atoms with van der Waals surface area (Å²) in [4.78, 5) is 22.3. The van der Waals surface area contributed by atoms with Crippen molar-refractivity contribution < 1.29 is 19.4 Å². The first kappa shape index (κ1) is 13.9. The molecule has 2 atom stereocenters. The summed E-state index contributed by atoms with van der Waals surface area (Å²) < 4.78 is 5.06. The lowest BCUT2D eigenvalue weighted by Gasteiger charge is -2.20. The molecule has 0 rings (SSSR count). The van der Waals surface area contributed by atoms with Gasteiger partial charge in [-0.3, -0.25) is 4.79 Å². The van der Waals surface area contributed by atoms with E-state index in [0.717, 1.165) is 0 Å². The van der Waals surface area contributed by atoms with Crippen molar-refractivity contribution in [2.45, 2.75) is 39.8 Å². The van der Waals surface area contributed by atoms with Crippen molar-refractivity contribution in [1.82, 2.24) is 5.32 Å². The smallest absolute Gasteiger partial charge is 0.326 e. The third-order valence-corrected chi connectivity index (χ3v) is 2.02. The van der Waals surface area contributed by atoms with Crippen LogP contribution in [0.4, 0.5) is 0 Å². The number of hydrogen-bond acceptors (Lipinski definition) is 3. The molecule has 5 heteroatoms. The third-order valence-electron chi connectivity index (χ3n) is 2.02. The topological polar surface area (TPSA) is 75.6 Å². The molecule has 88 valence electrons. The number of ether oxygens (including phenoxy) is 1. The van der Waals surface area contributed by atoms with Gasteiger partial charge in [0, 0.05) is 6.61 Å². The van der Waals surface area contributed by atoms with Crippen LogP contribution in [-0.4, -0.2) is 35.7 Å². The number of nitrogens with one attached hydrogen (secondary N) is 1. The van der Waals surface area contributed by atoms with E-state index in [1.165, 1.54) is 0 Å². The van der Waals surface area contributed by atoms with Gasteiger partial charge < -0.3 is 15.2 Å². The number of carbonyl (C=O) groups is 2. The Morgan fingerprint density at radius 2 is 1.87 bits per heavy atom. The highest BCUT2D eigenvalue weighted by Gasteiger charge is 2.25. The normalized spacial score (nSPS) is 14.7. The molecule has 0 aromatic heterocycles. The van der Waals surface area contributed by atoms with Gasteiger partial charge >= 0.3 is 5.97 Å². The summed E-state index contributed by atoms with van der Waals surface area (Å²) in [5.41, 5.74) is 0. The van der Waals surface area contributed by atoms with Crippen LogP contribution in [0.25, 0.3) is 0 Å². The Bertz CT molecular complexity index is 227. The molecule has 0 heterocycles. The van der Waals surface area contributed by atoms with Gasteiger partial charge in [0.25, 0.3) is 0 Å². The van der Waals surface area contributed by atoms with Gasteiger partial charge in [-0.1, -0.05) is 13.8 Å². The number of carbonyl (C=O) groups excluding carboxylic acids is 1. The molecule has 0 fully saturated rings. The SMILES string of the molecule is CCOC(C)C(=O)N[C@@H](C(=O)O)C(C)C. The van der Waals surface area contributed by atoms with Gasteiger partial charge in [-0.05, 0) is 19.8 Å². The van der Waals surface area contributed by atoms with E-state index >= 15 is 0 Å². The molecule has 1 unspecified atom stereocenters. The minimum Gasteiger partial charge on any atom is -0.480 e. The van der Waals surface area contributed by atoms with Crippen LogP contribution in [0.2, 0.25) is 0 Å². The van der Waals surface area contributed by atoms with Crippen molar-refractivity contribution in [3.8, 4) is 0 Å². The second-order valence-electron chi connectivity index (χ2n) is 3.67. The zero-order valence-corrected chi connectivity index (χ0v) is 9.61. The molecule has 0 aromatic carbocycles. The molecular weight excluding hydrogens is 198 g/mol. The molecule has 0 spiro atoms. The predicted molar refractivity (Wildman–Crippen MR) is 55.5 cm³/mol. The van der Waals surface area contributed by atoms with Crippen LogP contribution in [0.15, 0.2) is 0 Å². The molecule has 0 aliphatic carbocycles. The van der Waals surface area contributed by atoms with Gasteiger partial charge in [-0.25, -0.2) is 4.79 Å². The van der Waals surface area contributed by atoms with E-state index in [2.05, 4.69) is 5.32 Å². The van der Waals surface area contributed by atoms with Crippen LogP contribution in [0, 0.1) is 5.92 Å². The number of amides is 1. The fourth-order valence-corrected chi connectivity index (χ4v) is 1.11. The zero-order valence-electron chi connectivity index (χ0n) is 9.61. The standard InChI is InChI=1S/C10H19NO4/c1-5-15-7(4)9(12)11-8(6(2)3)10(13)14/h6-8H,5H2,1-4H3,(H,11,12)(H,13,14)/t7?,8-/m1/s1. The summed E-state index contributed by atoms with van der Waals surface area (Å²) in [6.45, 7) is 7.28. The van der Waals surface area contributed by atoms with Gasteiger partial charge in [0.1, 0.15) is 12.1 Å². The van der Waals surface area contributed by atoms with Gasteiger partial charge in [0.2, 0.25) is 5.91 Å². The number of carboxylic acids is 1. The number of aliphatic carboxylic acids is 1. The Kier molecular flexibility index (Phi) is 5.93. The fraction of sp³-hybridized carbons (Fsp3) is 0.800. The monoisotopic (exact) mass is 217 g/mol. The van der Waals surface area contributed by atoms with E-state index in [1.807, 2.05) is 0 Å². The first-order valence-electron chi connectivity index (χ1n) is 5.04. The number of rotatable bonds is 6. The van der Waals surface area contributed by atoms with Gasteiger partial charge in [-0.2, -0.15) is 0 Å². The van der Waals surface area contributed by atoms with Crippen molar-refractivity contribution in [2.75, 3.05) is 6.61 Å². The summed E-state index contributed by atoms with van der Waals surface area (Å²) in [7, 11) is 0. The summed E-state index contributed by atoms with van der Waals surface area (Å²) in [5.74, 6) is -1.57. The first-order valence-corrected chi connectivity index (χ1v) is 5.04. The van der Waals surface area contributed by atoms with Crippen LogP contribution in [0.3, 0.4) is 0 Å². The van der Waals surface area contributed by atoms with Crippen molar-refractivity contribution in [2.24, 2.45) is 5.92 Å². The molecule has 0 aliphatic heterocycles. The summed E-state index contributed by atoms with van der Waals surface area (Å²) in [6.07, 6.45) is -0.615. The maximum absolute atomic E-state index is 11.5. The molecule has 5 nitrogen and oxygen atoms in total. The van der Waals surface area contributed by atoms with Crippen LogP contribution in [0.1, 0.15) is 27.7 Å². The first-order chi connectivity index (χ1) is 6.90. The Morgan fingerprint density at radius 3 is 2.20 bits per heavy atom. The van der Waals surface area contributed by atoms with E-state index in [1.54, 1.807) is 27.7 Å². The lowest BCUT2D eigenvalue weighted by atomic mass is 10.0. The molecule has 0 aliphatic rings. The molecule has 0 aromatic rings. The quantitative estimate of drug-likeness (QED) is 0.684. The minimum atomic E-state index is -1.03. The molecule has 0 saturated carbocycles. The second kappa shape index (κ2) is 6.40. The summed E-state index contributed by atoms with van der Waals surface area (Å²) >= 11 is 0. The minimum absolute atomic E-state index is 0.153. The Labute approximate surface area is 89.8 Å². The molecule has 0 bridgehead atoms. The van der Waals surface area contributed by atoms with E-state index < -0.39 is 24.0 Å². The van der Waals surface area contributed by atoms with Gasteiger partial charge in [-0.15, -0.1) is 0 Å². The van der Waals surface area contributed by atoms with E-state index in [4.69, 9.17) is 9.84 Å². The highest BCUT2D eigenvalue weighted by molar-refractivity contribution is 5.86. The maximum Gasteiger partial charge on any atom is 0.326 e. The summed E-state index contributed by atoms with van der Waals surface area (Å²) in [5, 5.41) is 11.3. The van der Waals surface area contributed by atoms with Crippen LogP contribution < -0.4 is 5.32 Å². The fourth-order valence-electron chi connectivity index (χ4n) is 1.11. The van der Waals surface area contributed by atoms with Crippen molar-refractivity contribution in [3.05, 3.63) is 0 Å². The van der Waals surface area contributed by atoms with Gasteiger partial charge in [0.15, 0.2) is 0 Å². The molecule has 0 radical (unpaired) electrons. The largest absolute Gasteiger partial charge is 0.480 e. The Balaban J connectivity index is 4.29. The Morgan fingerprint density at radius 1 is 1.33 bits per heavy atom. The lowest BCUT2D eigenvalue weighted by molar-refractivity contribution is -0.145. The third kappa shape index (κ3) is 4.78. The van der Waals surface area contributed by atoms with Crippen LogP contribution in [0.5, 0.6) is 0 Å². The summed E-state index contributed by atoms with van der Waals surface area (Å²) in [6, 6.07) is -0.861. The number of carboxylic acid groups (broad SMARTS) is 1. The number of hydrogen-bond donors (Lipinski definition) is 2. The molecule has 1 amide bonds. The predicted octanol–water partition coefficient (Wildman–Crippen LogP) is 0.637. The highest BCUT2D eigenvalue weighted by Crippen LogP contribution is 2.02. The van der Waals surface area contributed by atoms with Crippen LogP contribution >= 0.6 is 0 Å². The molecule has 15 heavy (non-hydrogen) atoms.